The second kappa shape index (κ2) is 6.75. The van der Waals surface area contributed by atoms with Crippen LogP contribution in [0.25, 0.3) is 0 Å². The highest BCUT2D eigenvalue weighted by Crippen LogP contribution is 2.17. The molecule has 4 nitrogen and oxygen atoms in total. The van der Waals surface area contributed by atoms with Crippen molar-refractivity contribution in [3.05, 3.63) is 29.8 Å². The van der Waals surface area contributed by atoms with Crippen LogP contribution in [-0.4, -0.2) is 26.5 Å². The average molecular weight is 271 g/mol. The molecule has 1 atom stereocenters. The van der Waals surface area contributed by atoms with E-state index in [1.165, 1.54) is 0 Å². The number of hydrogen-bond acceptors (Lipinski definition) is 4. The van der Waals surface area contributed by atoms with Gasteiger partial charge in [-0.05, 0) is 31.0 Å². The second-order valence-electron chi connectivity index (χ2n) is 4.36. The van der Waals surface area contributed by atoms with Crippen molar-refractivity contribution in [1.82, 2.24) is 0 Å². The Hall–Kier alpha value is -1.07. The maximum atomic E-state index is 11.5. The summed E-state index contributed by atoms with van der Waals surface area (Å²) in [7, 11) is -2.98. The molecule has 0 bridgehead atoms. The number of ether oxygens (including phenoxy) is 1. The highest BCUT2D eigenvalue weighted by atomic mass is 32.2. The lowest BCUT2D eigenvalue weighted by Gasteiger charge is -2.10. The van der Waals surface area contributed by atoms with Gasteiger partial charge in [-0.15, -0.1) is 0 Å². The van der Waals surface area contributed by atoms with Gasteiger partial charge in [-0.25, -0.2) is 8.42 Å². The topological polar surface area (TPSA) is 69.4 Å². The minimum Gasteiger partial charge on any atom is -0.493 e. The van der Waals surface area contributed by atoms with Crippen molar-refractivity contribution in [3.63, 3.8) is 0 Å². The lowest BCUT2D eigenvalue weighted by atomic mass is 10.1. The molecule has 0 saturated heterocycles. The number of rotatable bonds is 7. The van der Waals surface area contributed by atoms with Crippen molar-refractivity contribution in [2.45, 2.75) is 26.3 Å². The summed E-state index contributed by atoms with van der Waals surface area (Å²) in [6, 6.07) is 7.37. The van der Waals surface area contributed by atoms with Crippen molar-refractivity contribution in [2.24, 2.45) is 5.73 Å². The Kier molecular flexibility index (Phi) is 5.62. The molecule has 0 amide bonds. The fourth-order valence-electron chi connectivity index (χ4n) is 1.59. The van der Waals surface area contributed by atoms with Crippen molar-refractivity contribution >= 4 is 9.84 Å². The Balaban J connectivity index is 2.52. The predicted octanol–water partition coefficient (Wildman–Crippen LogP) is 1.91. The van der Waals surface area contributed by atoms with E-state index in [0.29, 0.717) is 12.2 Å². The third-order valence-electron chi connectivity index (χ3n) is 2.56. The van der Waals surface area contributed by atoms with E-state index in [9.17, 15) is 8.42 Å². The van der Waals surface area contributed by atoms with Gasteiger partial charge in [-0.2, -0.15) is 0 Å². The van der Waals surface area contributed by atoms with Gasteiger partial charge in [0.25, 0.3) is 0 Å². The van der Waals surface area contributed by atoms with Gasteiger partial charge >= 0.3 is 0 Å². The van der Waals surface area contributed by atoms with Crippen molar-refractivity contribution in [3.8, 4) is 5.75 Å². The van der Waals surface area contributed by atoms with Gasteiger partial charge in [0.05, 0.1) is 11.5 Å². The Labute approximate surface area is 109 Å². The highest BCUT2D eigenvalue weighted by molar-refractivity contribution is 7.91. The van der Waals surface area contributed by atoms with Crippen molar-refractivity contribution in [1.29, 1.82) is 0 Å². The molecule has 102 valence electrons. The van der Waals surface area contributed by atoms with Crippen LogP contribution < -0.4 is 10.5 Å². The van der Waals surface area contributed by atoms with E-state index in [1.54, 1.807) is 6.07 Å². The fourth-order valence-corrected chi connectivity index (χ4v) is 2.75. The molecule has 0 heterocycles. The van der Waals surface area contributed by atoms with Crippen LogP contribution in [-0.2, 0) is 9.84 Å². The summed E-state index contributed by atoms with van der Waals surface area (Å²) in [5.41, 5.74) is 6.74. The SMILES string of the molecule is CCCS(=O)(=O)CCOc1cccc([C@H](C)N)c1. The van der Waals surface area contributed by atoms with Crippen molar-refractivity contribution in [2.75, 3.05) is 18.1 Å². The number of nitrogens with two attached hydrogens (primary N) is 1. The quantitative estimate of drug-likeness (QED) is 0.822. The lowest BCUT2D eigenvalue weighted by molar-refractivity contribution is 0.340. The molecular weight excluding hydrogens is 250 g/mol. The minimum atomic E-state index is -2.98. The van der Waals surface area contributed by atoms with Gasteiger partial charge in [0.1, 0.15) is 12.4 Å². The van der Waals surface area contributed by atoms with Crippen molar-refractivity contribution < 1.29 is 13.2 Å². The smallest absolute Gasteiger partial charge is 0.153 e. The number of benzene rings is 1. The molecule has 0 aliphatic carbocycles. The van der Waals surface area contributed by atoms with Crippen LogP contribution >= 0.6 is 0 Å². The Bertz CT molecular complexity index is 469. The summed E-state index contributed by atoms with van der Waals surface area (Å²) < 4.78 is 28.4. The molecule has 0 unspecified atom stereocenters. The summed E-state index contributed by atoms with van der Waals surface area (Å²) in [5, 5.41) is 0. The maximum absolute atomic E-state index is 11.5. The van der Waals surface area contributed by atoms with Crippen LogP contribution in [0.5, 0.6) is 5.75 Å². The van der Waals surface area contributed by atoms with E-state index in [1.807, 2.05) is 32.0 Å². The maximum Gasteiger partial charge on any atom is 0.153 e. The van der Waals surface area contributed by atoms with E-state index in [0.717, 1.165) is 5.56 Å². The molecule has 0 aliphatic heterocycles. The standard InChI is InChI=1S/C13H21NO3S/c1-3-8-18(15,16)9-7-17-13-6-4-5-12(10-13)11(2)14/h4-6,10-11H,3,7-9,14H2,1-2H3/t11-/m0/s1. The molecule has 0 radical (unpaired) electrons. The van der Waals surface area contributed by atoms with Crippen LogP contribution in [0, 0.1) is 0 Å². The third-order valence-corrected chi connectivity index (χ3v) is 4.38. The summed E-state index contributed by atoms with van der Waals surface area (Å²) in [5.74, 6) is 0.941. The van der Waals surface area contributed by atoms with Gasteiger partial charge in [-0.3, -0.25) is 0 Å². The molecule has 18 heavy (non-hydrogen) atoms. The third kappa shape index (κ3) is 5.06. The molecule has 0 saturated carbocycles. The lowest BCUT2D eigenvalue weighted by Crippen LogP contribution is -2.16. The molecule has 0 fully saturated rings. The molecule has 1 aromatic carbocycles. The van der Waals surface area contributed by atoms with E-state index < -0.39 is 9.84 Å². The largest absolute Gasteiger partial charge is 0.493 e. The predicted molar refractivity (Wildman–Crippen MR) is 73.5 cm³/mol. The highest BCUT2D eigenvalue weighted by Gasteiger charge is 2.09. The van der Waals surface area contributed by atoms with Crippen LogP contribution in [0.2, 0.25) is 0 Å². The summed E-state index contributed by atoms with van der Waals surface area (Å²) in [6.45, 7) is 3.93. The molecule has 2 N–H and O–H groups in total. The van der Waals surface area contributed by atoms with E-state index in [4.69, 9.17) is 10.5 Å². The average Bonchev–Trinajstić information content (AvgIpc) is 2.29. The van der Waals surface area contributed by atoms with Gasteiger partial charge in [0.15, 0.2) is 9.84 Å². The number of sulfone groups is 1. The zero-order valence-electron chi connectivity index (χ0n) is 10.9. The van der Waals surface area contributed by atoms with E-state index in [-0.39, 0.29) is 24.2 Å². The molecule has 1 rings (SSSR count). The van der Waals surface area contributed by atoms with Gasteiger partial charge in [0.2, 0.25) is 0 Å². The molecule has 1 aromatic rings. The first-order valence-electron chi connectivity index (χ1n) is 6.13. The van der Waals surface area contributed by atoms with Crippen LogP contribution in [0.15, 0.2) is 24.3 Å². The minimum absolute atomic E-state index is 0.0580. The van der Waals surface area contributed by atoms with Gasteiger partial charge in [0, 0.05) is 6.04 Å². The first kappa shape index (κ1) is 15.0. The van der Waals surface area contributed by atoms with Crippen LogP contribution in [0.4, 0.5) is 0 Å². The molecule has 0 spiro atoms. The van der Waals surface area contributed by atoms with Crippen LogP contribution in [0.3, 0.4) is 0 Å². The Morgan fingerprint density at radius 1 is 1.33 bits per heavy atom. The number of hydrogen-bond donors (Lipinski definition) is 1. The fraction of sp³-hybridized carbons (Fsp3) is 0.538. The second-order valence-corrected chi connectivity index (χ2v) is 6.67. The first-order valence-corrected chi connectivity index (χ1v) is 7.95. The normalized spacial score (nSPS) is 13.3. The van der Waals surface area contributed by atoms with Crippen LogP contribution in [0.1, 0.15) is 31.9 Å². The molecule has 0 aliphatic rings. The summed E-state index contributed by atoms with van der Waals surface area (Å²) >= 11 is 0. The monoisotopic (exact) mass is 271 g/mol. The summed E-state index contributed by atoms with van der Waals surface area (Å²) in [6.07, 6.45) is 0.641. The summed E-state index contributed by atoms with van der Waals surface area (Å²) in [4.78, 5) is 0. The van der Waals surface area contributed by atoms with Gasteiger partial charge in [-0.1, -0.05) is 19.1 Å². The Morgan fingerprint density at radius 2 is 2.06 bits per heavy atom. The Morgan fingerprint density at radius 3 is 2.67 bits per heavy atom. The molecule has 5 heteroatoms. The molecular formula is C13H21NO3S. The zero-order valence-corrected chi connectivity index (χ0v) is 11.7. The van der Waals surface area contributed by atoms with Gasteiger partial charge < -0.3 is 10.5 Å². The molecule has 0 aromatic heterocycles. The first-order chi connectivity index (χ1) is 8.44. The van der Waals surface area contributed by atoms with E-state index in [2.05, 4.69) is 0 Å². The van der Waals surface area contributed by atoms with E-state index >= 15 is 0 Å². The zero-order chi connectivity index (χ0) is 13.6.